The number of nitrogens with one attached hydrogen (secondary N) is 1. The molecule has 0 fully saturated rings. The Hall–Kier alpha value is -1.51. The fourth-order valence-electron chi connectivity index (χ4n) is 1.66. The third-order valence-electron chi connectivity index (χ3n) is 2.68. The first-order valence-corrected chi connectivity index (χ1v) is 8.12. The van der Waals surface area contributed by atoms with E-state index in [1.807, 2.05) is 6.92 Å². The molecule has 2 aromatic rings. The lowest BCUT2D eigenvalue weighted by Gasteiger charge is -2.08. The molecule has 0 amide bonds. The fourth-order valence-corrected chi connectivity index (χ4v) is 3.39. The van der Waals surface area contributed by atoms with Crippen LogP contribution < -0.4 is 10.5 Å². The minimum atomic E-state index is -3.74. The van der Waals surface area contributed by atoms with Crippen molar-refractivity contribution in [3.05, 3.63) is 39.6 Å². The van der Waals surface area contributed by atoms with Gasteiger partial charge >= 0.3 is 0 Å². The standard InChI is InChI=1S/C12H14FN3O2S2/c1-7-3-10(4-11(14)12(7)13)20(17,18)15-5-9-6-19-8(2)16-9/h3-4,6,15H,5,14H2,1-2H3. The Morgan fingerprint density at radius 2 is 2.10 bits per heavy atom. The number of thiazole rings is 1. The molecule has 1 heterocycles. The smallest absolute Gasteiger partial charge is 0.241 e. The molecule has 8 heteroatoms. The number of hydrogen-bond donors (Lipinski definition) is 2. The van der Waals surface area contributed by atoms with E-state index in [0.29, 0.717) is 5.69 Å². The molecule has 0 aliphatic rings. The molecule has 0 bridgehead atoms. The topological polar surface area (TPSA) is 85.1 Å². The van der Waals surface area contributed by atoms with Crippen LogP contribution >= 0.6 is 11.3 Å². The predicted molar refractivity (Wildman–Crippen MR) is 76.4 cm³/mol. The summed E-state index contributed by atoms with van der Waals surface area (Å²) in [5, 5.41) is 2.64. The van der Waals surface area contributed by atoms with Gasteiger partial charge in [-0.2, -0.15) is 0 Å². The third kappa shape index (κ3) is 3.14. The number of sulfonamides is 1. The summed E-state index contributed by atoms with van der Waals surface area (Å²) in [4.78, 5) is 4.11. The van der Waals surface area contributed by atoms with Crippen molar-refractivity contribution in [2.45, 2.75) is 25.3 Å². The van der Waals surface area contributed by atoms with Gasteiger partial charge in [0.25, 0.3) is 0 Å². The van der Waals surface area contributed by atoms with Gasteiger partial charge in [0.1, 0.15) is 5.82 Å². The van der Waals surface area contributed by atoms with Gasteiger partial charge in [0.15, 0.2) is 0 Å². The minimum absolute atomic E-state index is 0.0548. The average Bonchev–Trinajstić information content (AvgIpc) is 2.79. The quantitative estimate of drug-likeness (QED) is 0.845. The van der Waals surface area contributed by atoms with E-state index in [0.717, 1.165) is 11.1 Å². The number of nitrogen functional groups attached to an aromatic ring is 1. The van der Waals surface area contributed by atoms with Crippen LogP contribution in [-0.2, 0) is 16.6 Å². The van der Waals surface area contributed by atoms with Gasteiger partial charge in [-0.25, -0.2) is 22.5 Å². The average molecular weight is 315 g/mol. The molecule has 1 aromatic carbocycles. The molecule has 0 radical (unpaired) electrons. The number of anilines is 1. The van der Waals surface area contributed by atoms with Gasteiger partial charge in [-0.15, -0.1) is 11.3 Å². The third-order valence-corrected chi connectivity index (χ3v) is 4.88. The van der Waals surface area contributed by atoms with Gasteiger partial charge in [-0.1, -0.05) is 0 Å². The molecule has 1 aromatic heterocycles. The second-order valence-corrected chi connectivity index (χ2v) is 7.15. The van der Waals surface area contributed by atoms with Crippen molar-refractivity contribution in [1.29, 1.82) is 0 Å². The zero-order valence-corrected chi connectivity index (χ0v) is 12.6. The van der Waals surface area contributed by atoms with Crippen LogP contribution in [-0.4, -0.2) is 13.4 Å². The second kappa shape index (κ2) is 5.47. The maximum Gasteiger partial charge on any atom is 0.241 e. The molecule has 0 spiro atoms. The van der Waals surface area contributed by atoms with Crippen molar-refractivity contribution in [3.8, 4) is 0 Å². The van der Waals surface area contributed by atoms with Crippen LogP contribution in [0.5, 0.6) is 0 Å². The van der Waals surface area contributed by atoms with Crippen LogP contribution in [0, 0.1) is 19.7 Å². The first-order valence-electron chi connectivity index (χ1n) is 5.76. The highest BCUT2D eigenvalue weighted by atomic mass is 32.2. The molecule has 0 aliphatic heterocycles. The number of nitrogens with zero attached hydrogens (tertiary/aromatic N) is 1. The van der Waals surface area contributed by atoms with Crippen molar-refractivity contribution in [1.82, 2.24) is 9.71 Å². The Morgan fingerprint density at radius 3 is 2.65 bits per heavy atom. The normalized spacial score (nSPS) is 11.8. The van der Waals surface area contributed by atoms with Gasteiger partial charge in [0.05, 0.1) is 27.8 Å². The molecule has 0 saturated carbocycles. The number of aromatic nitrogens is 1. The predicted octanol–water partition coefficient (Wildman–Crippen LogP) is 1.96. The lowest BCUT2D eigenvalue weighted by atomic mass is 10.2. The Kier molecular flexibility index (Phi) is 4.07. The summed E-state index contributed by atoms with van der Waals surface area (Å²) in [6.45, 7) is 3.39. The summed E-state index contributed by atoms with van der Waals surface area (Å²) in [6, 6.07) is 2.36. The molecule has 0 atom stereocenters. The zero-order valence-electron chi connectivity index (χ0n) is 11.0. The fraction of sp³-hybridized carbons (Fsp3) is 0.250. The van der Waals surface area contributed by atoms with Crippen molar-refractivity contribution in [2.24, 2.45) is 0 Å². The van der Waals surface area contributed by atoms with Gasteiger partial charge < -0.3 is 5.73 Å². The van der Waals surface area contributed by atoms with Crippen LogP contribution in [0.15, 0.2) is 22.4 Å². The van der Waals surface area contributed by atoms with Crippen LogP contribution in [0.2, 0.25) is 0 Å². The van der Waals surface area contributed by atoms with Crippen LogP contribution in [0.1, 0.15) is 16.3 Å². The summed E-state index contributed by atoms with van der Waals surface area (Å²) in [5.41, 5.74) is 6.10. The van der Waals surface area contributed by atoms with Crippen LogP contribution in [0.3, 0.4) is 0 Å². The summed E-state index contributed by atoms with van der Waals surface area (Å²) < 4.78 is 40.0. The lowest BCUT2D eigenvalue weighted by Crippen LogP contribution is -2.23. The van der Waals surface area contributed by atoms with E-state index in [4.69, 9.17) is 5.73 Å². The summed E-state index contributed by atoms with van der Waals surface area (Å²) >= 11 is 1.44. The van der Waals surface area contributed by atoms with Crippen molar-refractivity contribution >= 4 is 27.0 Å². The molecular weight excluding hydrogens is 301 g/mol. The SMILES string of the molecule is Cc1nc(CNS(=O)(=O)c2cc(C)c(F)c(N)c2)cs1. The van der Waals surface area contributed by atoms with Crippen LogP contribution in [0.25, 0.3) is 0 Å². The highest BCUT2D eigenvalue weighted by molar-refractivity contribution is 7.89. The van der Waals surface area contributed by atoms with Gasteiger partial charge in [-0.05, 0) is 31.5 Å². The van der Waals surface area contributed by atoms with E-state index in [2.05, 4.69) is 9.71 Å². The number of nitrogens with two attached hydrogens (primary N) is 1. The number of rotatable bonds is 4. The molecule has 0 unspecified atom stereocenters. The van der Waals surface area contributed by atoms with Gasteiger partial charge in [0.2, 0.25) is 10.0 Å². The Morgan fingerprint density at radius 1 is 1.40 bits per heavy atom. The first-order chi connectivity index (χ1) is 9.29. The van der Waals surface area contributed by atoms with Gasteiger partial charge in [-0.3, -0.25) is 0 Å². The van der Waals surface area contributed by atoms with Gasteiger partial charge in [0, 0.05) is 5.38 Å². The van der Waals surface area contributed by atoms with Crippen molar-refractivity contribution in [2.75, 3.05) is 5.73 Å². The largest absolute Gasteiger partial charge is 0.396 e. The molecule has 108 valence electrons. The van der Waals surface area contributed by atoms with E-state index in [-0.39, 0.29) is 22.7 Å². The Labute approximate surface area is 120 Å². The number of benzene rings is 1. The molecule has 2 rings (SSSR count). The zero-order chi connectivity index (χ0) is 14.9. The molecule has 20 heavy (non-hydrogen) atoms. The monoisotopic (exact) mass is 315 g/mol. The Bertz CT molecular complexity index is 718. The first kappa shape index (κ1) is 14.9. The minimum Gasteiger partial charge on any atom is -0.396 e. The number of aryl methyl sites for hydroxylation is 2. The molecular formula is C12H14FN3O2S2. The van der Waals surface area contributed by atoms with Crippen molar-refractivity contribution in [3.63, 3.8) is 0 Å². The number of halogens is 1. The summed E-state index contributed by atoms with van der Waals surface area (Å²) in [5.74, 6) is -0.598. The molecule has 3 N–H and O–H groups in total. The maximum atomic E-state index is 13.4. The van der Waals surface area contributed by atoms with E-state index in [1.165, 1.54) is 24.3 Å². The van der Waals surface area contributed by atoms with E-state index < -0.39 is 15.8 Å². The second-order valence-electron chi connectivity index (χ2n) is 4.33. The lowest BCUT2D eigenvalue weighted by molar-refractivity contribution is 0.579. The summed E-state index contributed by atoms with van der Waals surface area (Å²) in [7, 11) is -3.74. The summed E-state index contributed by atoms with van der Waals surface area (Å²) in [6.07, 6.45) is 0. The molecule has 5 nitrogen and oxygen atoms in total. The van der Waals surface area contributed by atoms with E-state index in [1.54, 1.807) is 5.38 Å². The van der Waals surface area contributed by atoms with E-state index in [9.17, 15) is 12.8 Å². The van der Waals surface area contributed by atoms with E-state index >= 15 is 0 Å². The maximum absolute atomic E-state index is 13.4. The highest BCUT2D eigenvalue weighted by Gasteiger charge is 2.17. The number of hydrogen-bond acceptors (Lipinski definition) is 5. The molecule has 0 aliphatic carbocycles. The Balaban J connectivity index is 2.22. The van der Waals surface area contributed by atoms with Crippen molar-refractivity contribution < 1.29 is 12.8 Å². The molecule has 0 saturated heterocycles. The highest BCUT2D eigenvalue weighted by Crippen LogP contribution is 2.21. The van der Waals surface area contributed by atoms with Crippen LogP contribution in [0.4, 0.5) is 10.1 Å².